The molecule has 20 heteroatoms. The molecule has 10 N–H and O–H groups in total. The Hall–Kier alpha value is -1.76. The fraction of sp³-hybridized carbons (Fsp3) is 0.763. The summed E-state index contributed by atoms with van der Waals surface area (Å²) in [6.45, 7) is 8.27. The summed E-state index contributed by atoms with van der Waals surface area (Å²) in [5.41, 5.74) is 18.3. The fourth-order valence-electron chi connectivity index (χ4n) is 7.40. The molecule has 0 radical (unpaired) electrons. The first-order valence-corrected chi connectivity index (χ1v) is 22.3. The minimum absolute atomic E-state index is 0.00454. The van der Waals surface area contributed by atoms with E-state index in [1.54, 1.807) is 25.6 Å². The van der Waals surface area contributed by atoms with Crippen LogP contribution < -0.4 is 17.2 Å². The highest BCUT2D eigenvalue weighted by atomic mass is 32.2. The van der Waals surface area contributed by atoms with E-state index in [0.717, 1.165) is 15.5 Å². The van der Waals surface area contributed by atoms with E-state index in [1.165, 1.54) is 29.1 Å². The molecule has 0 spiro atoms. The van der Waals surface area contributed by atoms with Crippen LogP contribution in [-0.2, 0) is 25.6 Å². The Morgan fingerprint density at radius 3 is 1.34 bits per heavy atom. The number of aliphatic hydroxyl groups is 4. The molecule has 3 saturated heterocycles. The lowest BCUT2D eigenvalue weighted by molar-refractivity contribution is -0.157. The monoisotopic (exact) mass is 871 g/mol. The Labute approximate surface area is 355 Å². The lowest BCUT2D eigenvalue weighted by Crippen LogP contribution is -2.59. The van der Waals surface area contributed by atoms with Gasteiger partial charge < -0.3 is 71.3 Å². The third-order valence-corrected chi connectivity index (χ3v) is 14.5. The molecule has 0 saturated carbocycles. The summed E-state index contributed by atoms with van der Waals surface area (Å²) in [5, 5.41) is 42.6. The van der Waals surface area contributed by atoms with E-state index in [2.05, 4.69) is 29.0 Å². The van der Waals surface area contributed by atoms with E-state index in [4.69, 9.17) is 41.1 Å². The molecular formula is C38H65N9O8S3. The van der Waals surface area contributed by atoms with Crippen LogP contribution in [0.25, 0.3) is 0 Å². The summed E-state index contributed by atoms with van der Waals surface area (Å²) in [7, 11) is 11.6. The van der Waals surface area contributed by atoms with Crippen LogP contribution in [0.1, 0.15) is 33.3 Å². The number of hydrogen-bond donors (Lipinski definition) is 7. The van der Waals surface area contributed by atoms with Gasteiger partial charge >= 0.3 is 0 Å². The second-order valence-corrected chi connectivity index (χ2v) is 19.5. The minimum Gasteiger partial charge on any atom is -0.388 e. The van der Waals surface area contributed by atoms with Crippen LogP contribution in [0.3, 0.4) is 0 Å². The number of nitrogens with two attached hydrogens (primary N) is 3. The average molecular weight is 872 g/mol. The van der Waals surface area contributed by atoms with Gasteiger partial charge in [0.1, 0.15) is 71.1 Å². The van der Waals surface area contributed by atoms with E-state index >= 15 is 0 Å². The molecule has 1 aromatic rings. The predicted octanol–water partition coefficient (Wildman–Crippen LogP) is -0.0604. The van der Waals surface area contributed by atoms with E-state index < -0.39 is 48.7 Å². The molecular weight excluding hydrogens is 807 g/mol. The number of thioether (sulfide) groups is 3. The molecule has 328 valence electrons. The van der Waals surface area contributed by atoms with Gasteiger partial charge in [-0.1, -0.05) is 72.5 Å². The quantitative estimate of drug-likeness (QED) is 0.198. The van der Waals surface area contributed by atoms with Crippen molar-refractivity contribution >= 4 is 50.8 Å². The molecule has 1 aromatic carbocycles. The van der Waals surface area contributed by atoms with Gasteiger partial charge in [-0.15, -0.1) is 0 Å². The summed E-state index contributed by atoms with van der Waals surface area (Å²) in [6.07, 6.45) is -4.92. The molecule has 0 aromatic heterocycles. The van der Waals surface area contributed by atoms with Crippen LogP contribution in [0.2, 0.25) is 0 Å². The highest BCUT2D eigenvalue weighted by molar-refractivity contribution is 8.15. The standard InChI is InChI=1S/C18H27N3O2S.2C10H19N3O3S/c1-11-15(12(2)19)23-17-14(20-18(24-17)21(3)4)16(11)22-10-13-8-6-5-7-9-13;2*1-4(11)8-7(15)6(14)5-9(16-8)17-10(12-5)13(2)3/h5-9,11-12,14-17H,10,19H2,1-4H3;2*4-9,14-15H,11H2,1-3H3/t11-,12?,14-,15+,16+,17-;4-,5+,6+,7-,8+,9+;4-,5-,6-,7+,8-,9-/m101/s1. The third-order valence-electron chi connectivity index (χ3n) is 10.6. The van der Waals surface area contributed by atoms with Crippen molar-refractivity contribution in [2.75, 3.05) is 42.3 Å². The summed E-state index contributed by atoms with van der Waals surface area (Å²) < 4.78 is 24.0. The number of benzene rings is 1. The summed E-state index contributed by atoms with van der Waals surface area (Å²) >= 11 is 4.58. The van der Waals surface area contributed by atoms with Gasteiger partial charge in [-0.25, -0.2) is 0 Å². The van der Waals surface area contributed by atoms with Crippen molar-refractivity contribution in [1.82, 2.24) is 14.7 Å². The zero-order valence-corrected chi connectivity index (χ0v) is 37.5. The van der Waals surface area contributed by atoms with Crippen LogP contribution in [0.4, 0.5) is 0 Å². The molecule has 6 heterocycles. The first-order chi connectivity index (χ1) is 27.3. The van der Waals surface area contributed by atoms with Crippen LogP contribution in [0, 0.1) is 5.92 Å². The molecule has 6 aliphatic heterocycles. The maximum atomic E-state index is 10.0. The second-order valence-electron chi connectivity index (χ2n) is 16.3. The number of aliphatic imine (C=N–C) groups is 3. The van der Waals surface area contributed by atoms with Gasteiger partial charge in [-0.2, -0.15) is 0 Å². The van der Waals surface area contributed by atoms with Crippen LogP contribution in [-0.4, -0.2) is 194 Å². The van der Waals surface area contributed by atoms with Gasteiger partial charge in [-0.3, -0.25) is 15.0 Å². The molecule has 3 fully saturated rings. The largest absolute Gasteiger partial charge is 0.388 e. The number of fused-ring (bicyclic) bond motifs is 3. The van der Waals surface area contributed by atoms with Crippen molar-refractivity contribution in [2.24, 2.45) is 38.1 Å². The number of amidine groups is 3. The van der Waals surface area contributed by atoms with Gasteiger partial charge in [0.2, 0.25) is 0 Å². The van der Waals surface area contributed by atoms with E-state index in [0.29, 0.717) is 6.61 Å². The third kappa shape index (κ3) is 10.8. The molecule has 18 atom stereocenters. The van der Waals surface area contributed by atoms with Gasteiger partial charge in [0.05, 0.1) is 18.8 Å². The van der Waals surface area contributed by atoms with Crippen molar-refractivity contribution in [3.63, 3.8) is 0 Å². The molecule has 7 rings (SSSR count). The fourth-order valence-corrected chi connectivity index (χ4v) is 10.8. The molecule has 0 aliphatic carbocycles. The number of aliphatic hydroxyl groups excluding tert-OH is 4. The predicted molar refractivity (Wildman–Crippen MR) is 233 cm³/mol. The average Bonchev–Trinajstić information content (AvgIpc) is 3.92. The first-order valence-electron chi connectivity index (χ1n) is 19.7. The lowest BCUT2D eigenvalue weighted by atomic mass is 9.87. The topological polar surface area (TPSA) is 243 Å². The van der Waals surface area contributed by atoms with Gasteiger partial charge in [0.25, 0.3) is 0 Å². The van der Waals surface area contributed by atoms with Gasteiger partial charge in [-0.05, 0) is 26.3 Å². The zero-order chi connectivity index (χ0) is 42.7. The molecule has 17 nitrogen and oxygen atoms in total. The van der Waals surface area contributed by atoms with Crippen LogP contribution in [0.5, 0.6) is 0 Å². The number of ether oxygens (including phenoxy) is 4. The number of rotatable bonds is 6. The van der Waals surface area contributed by atoms with E-state index in [9.17, 15) is 20.4 Å². The SMILES string of the molecule is CC(N)[C@H]1O[C@@H]2SC(N(C)C)=N[C@@H]2[C@@H](OCc2ccccc2)[C@@H]1C.C[C@@H](N)[C@H]1O[C@@H]2SC(N(C)C)=N[C@@H]2[C@@H](O)[C@@H]1O.C[C@H](N)[C@H]1O[C@@H]2SC(N(C)C)=N[C@@H]2[C@@H](O)[C@@H]1O. The van der Waals surface area contributed by atoms with E-state index in [-0.39, 0.29) is 58.6 Å². The Morgan fingerprint density at radius 2 is 0.966 bits per heavy atom. The maximum Gasteiger partial charge on any atom is 0.161 e. The van der Waals surface area contributed by atoms with Gasteiger partial charge in [0, 0.05) is 66.3 Å². The number of nitrogens with zero attached hydrogens (tertiary/aromatic N) is 6. The smallest absolute Gasteiger partial charge is 0.161 e. The van der Waals surface area contributed by atoms with Crippen molar-refractivity contribution in [3.8, 4) is 0 Å². The van der Waals surface area contributed by atoms with Crippen LogP contribution >= 0.6 is 35.3 Å². The summed E-state index contributed by atoms with van der Waals surface area (Å²) in [5.74, 6) is 0.195. The van der Waals surface area contributed by atoms with Crippen molar-refractivity contribution in [3.05, 3.63) is 35.9 Å². The van der Waals surface area contributed by atoms with Crippen molar-refractivity contribution < 1.29 is 39.4 Å². The normalized spacial score (nSPS) is 39.1. The second kappa shape index (κ2) is 20.4. The Kier molecular flexibility index (Phi) is 16.6. The van der Waals surface area contributed by atoms with Crippen molar-refractivity contribution in [2.45, 2.75) is 136 Å². The molecule has 1 unspecified atom stereocenters. The Balaban J connectivity index is 0.000000170. The molecule has 0 amide bonds. The van der Waals surface area contributed by atoms with Crippen LogP contribution in [0.15, 0.2) is 45.3 Å². The zero-order valence-electron chi connectivity index (χ0n) is 35.0. The maximum absolute atomic E-state index is 10.0. The molecule has 6 aliphatic rings. The summed E-state index contributed by atoms with van der Waals surface area (Å²) in [4.78, 5) is 19.4. The van der Waals surface area contributed by atoms with Gasteiger partial charge in [0.15, 0.2) is 15.5 Å². The Bertz CT molecular complexity index is 1520. The highest BCUT2D eigenvalue weighted by Crippen LogP contribution is 2.42. The van der Waals surface area contributed by atoms with E-state index in [1.807, 2.05) is 82.1 Å². The number of hydrogen-bond acceptors (Lipinski definition) is 20. The molecule has 0 bridgehead atoms. The lowest BCUT2D eigenvalue weighted by Gasteiger charge is -2.43. The Morgan fingerprint density at radius 1 is 0.603 bits per heavy atom. The first kappa shape index (κ1) is 47.3. The summed E-state index contributed by atoms with van der Waals surface area (Å²) in [6, 6.07) is 8.75. The highest BCUT2D eigenvalue weighted by Gasteiger charge is 2.52. The van der Waals surface area contributed by atoms with Crippen molar-refractivity contribution in [1.29, 1.82) is 0 Å². The minimum atomic E-state index is -0.984. The molecule has 58 heavy (non-hydrogen) atoms.